The minimum absolute atomic E-state index is 0.671. The van der Waals surface area contributed by atoms with E-state index < -0.39 is 0 Å². The summed E-state index contributed by atoms with van der Waals surface area (Å²) in [6.45, 7) is 5.34. The highest BCUT2D eigenvalue weighted by molar-refractivity contribution is 5.21. The molecule has 0 aliphatic heterocycles. The largest absolute Gasteiger partial charge is 0.310 e. The molecule has 0 aliphatic rings. The standard InChI is InChI=1S/C21H25N3/c1-17(2)13-14-20-22-23-21(15-18-9-5-3-6-10-18)24(20)16-19-11-7-4-8-12-19/h3-12,17H,13-16H2,1-2H3. The zero-order chi connectivity index (χ0) is 16.8. The fourth-order valence-electron chi connectivity index (χ4n) is 2.83. The maximum Gasteiger partial charge on any atom is 0.137 e. The van der Waals surface area contributed by atoms with Crippen LogP contribution in [0.3, 0.4) is 0 Å². The third-order valence-electron chi connectivity index (χ3n) is 4.24. The number of aryl methyl sites for hydroxylation is 1. The molecule has 3 rings (SSSR count). The van der Waals surface area contributed by atoms with Crippen molar-refractivity contribution in [2.45, 2.75) is 39.7 Å². The van der Waals surface area contributed by atoms with E-state index in [0.717, 1.165) is 37.5 Å². The Balaban J connectivity index is 1.87. The van der Waals surface area contributed by atoms with E-state index in [1.165, 1.54) is 11.1 Å². The molecule has 0 saturated carbocycles. The minimum Gasteiger partial charge on any atom is -0.310 e. The summed E-state index contributed by atoms with van der Waals surface area (Å²) in [4.78, 5) is 0. The molecule has 124 valence electrons. The summed E-state index contributed by atoms with van der Waals surface area (Å²) in [6, 6.07) is 21.1. The summed E-state index contributed by atoms with van der Waals surface area (Å²) in [6.07, 6.45) is 2.94. The summed E-state index contributed by atoms with van der Waals surface area (Å²) in [7, 11) is 0. The molecule has 1 heterocycles. The number of hydrogen-bond donors (Lipinski definition) is 0. The van der Waals surface area contributed by atoms with Crippen molar-refractivity contribution in [3.05, 3.63) is 83.4 Å². The summed E-state index contributed by atoms with van der Waals surface area (Å²) in [5.41, 5.74) is 2.56. The Labute approximate surface area is 144 Å². The highest BCUT2D eigenvalue weighted by Crippen LogP contribution is 2.15. The van der Waals surface area contributed by atoms with Gasteiger partial charge in [0, 0.05) is 12.8 Å². The molecule has 3 nitrogen and oxygen atoms in total. The third-order valence-corrected chi connectivity index (χ3v) is 4.24. The first-order chi connectivity index (χ1) is 11.7. The van der Waals surface area contributed by atoms with E-state index in [1.807, 2.05) is 6.07 Å². The van der Waals surface area contributed by atoms with Crippen LogP contribution in [0.5, 0.6) is 0 Å². The molecule has 3 heteroatoms. The van der Waals surface area contributed by atoms with Gasteiger partial charge in [-0.15, -0.1) is 10.2 Å². The molecule has 1 aromatic heterocycles. The highest BCUT2D eigenvalue weighted by Gasteiger charge is 2.13. The van der Waals surface area contributed by atoms with E-state index in [4.69, 9.17) is 0 Å². The predicted molar refractivity (Wildman–Crippen MR) is 98.0 cm³/mol. The van der Waals surface area contributed by atoms with Crippen molar-refractivity contribution in [2.75, 3.05) is 0 Å². The Bertz CT molecular complexity index is 745. The first-order valence-electron chi connectivity index (χ1n) is 8.71. The first-order valence-corrected chi connectivity index (χ1v) is 8.71. The Morgan fingerprint density at radius 1 is 0.792 bits per heavy atom. The van der Waals surface area contributed by atoms with Crippen molar-refractivity contribution in [1.29, 1.82) is 0 Å². The molecule has 3 aromatic rings. The summed E-state index contributed by atoms with van der Waals surface area (Å²) in [5.74, 6) is 2.81. The molecule has 0 aliphatic carbocycles. The Hall–Kier alpha value is -2.42. The second-order valence-electron chi connectivity index (χ2n) is 6.70. The fourth-order valence-corrected chi connectivity index (χ4v) is 2.83. The van der Waals surface area contributed by atoms with Crippen molar-refractivity contribution < 1.29 is 0 Å². The zero-order valence-electron chi connectivity index (χ0n) is 14.5. The van der Waals surface area contributed by atoms with Crippen molar-refractivity contribution in [1.82, 2.24) is 14.8 Å². The van der Waals surface area contributed by atoms with Crippen molar-refractivity contribution in [3.63, 3.8) is 0 Å². The van der Waals surface area contributed by atoms with Gasteiger partial charge >= 0.3 is 0 Å². The summed E-state index contributed by atoms with van der Waals surface area (Å²) >= 11 is 0. The second-order valence-corrected chi connectivity index (χ2v) is 6.70. The molecule has 0 unspecified atom stereocenters. The second kappa shape index (κ2) is 7.91. The molecular formula is C21H25N3. The lowest BCUT2D eigenvalue weighted by molar-refractivity contribution is 0.557. The quantitative estimate of drug-likeness (QED) is 0.641. The van der Waals surface area contributed by atoms with Crippen LogP contribution in [0.15, 0.2) is 60.7 Å². The molecule has 0 saturated heterocycles. The van der Waals surface area contributed by atoms with Crippen LogP contribution in [0.4, 0.5) is 0 Å². The Morgan fingerprint density at radius 3 is 2.00 bits per heavy atom. The Morgan fingerprint density at radius 2 is 1.38 bits per heavy atom. The van der Waals surface area contributed by atoms with Gasteiger partial charge < -0.3 is 4.57 Å². The van der Waals surface area contributed by atoms with E-state index in [-0.39, 0.29) is 0 Å². The highest BCUT2D eigenvalue weighted by atomic mass is 15.3. The van der Waals surface area contributed by atoms with E-state index >= 15 is 0 Å². The van der Waals surface area contributed by atoms with E-state index in [9.17, 15) is 0 Å². The molecule has 0 atom stereocenters. The maximum absolute atomic E-state index is 4.50. The fraction of sp³-hybridized carbons (Fsp3) is 0.333. The average Bonchev–Trinajstić information content (AvgIpc) is 2.96. The van der Waals surface area contributed by atoms with Gasteiger partial charge in [0.05, 0.1) is 6.54 Å². The van der Waals surface area contributed by atoms with Crippen LogP contribution < -0.4 is 0 Å². The van der Waals surface area contributed by atoms with Crippen LogP contribution in [-0.4, -0.2) is 14.8 Å². The lowest BCUT2D eigenvalue weighted by Gasteiger charge is -2.11. The van der Waals surface area contributed by atoms with Crippen LogP contribution in [0, 0.1) is 5.92 Å². The number of nitrogens with zero attached hydrogens (tertiary/aromatic N) is 3. The van der Waals surface area contributed by atoms with Crippen LogP contribution >= 0.6 is 0 Å². The number of aromatic nitrogens is 3. The number of benzene rings is 2. The van der Waals surface area contributed by atoms with E-state index in [2.05, 4.69) is 83.2 Å². The Kier molecular flexibility index (Phi) is 5.42. The van der Waals surface area contributed by atoms with Crippen LogP contribution in [0.25, 0.3) is 0 Å². The van der Waals surface area contributed by atoms with Gasteiger partial charge in [-0.05, 0) is 23.5 Å². The third kappa shape index (κ3) is 4.31. The molecule has 0 N–H and O–H groups in total. The van der Waals surface area contributed by atoms with Gasteiger partial charge in [0.15, 0.2) is 0 Å². The van der Waals surface area contributed by atoms with Gasteiger partial charge in [-0.25, -0.2) is 0 Å². The van der Waals surface area contributed by atoms with Crippen molar-refractivity contribution >= 4 is 0 Å². The molecule has 2 aromatic carbocycles. The van der Waals surface area contributed by atoms with Gasteiger partial charge in [-0.2, -0.15) is 0 Å². The lowest BCUT2D eigenvalue weighted by Crippen LogP contribution is -2.10. The van der Waals surface area contributed by atoms with Crippen LogP contribution in [0.1, 0.15) is 43.0 Å². The van der Waals surface area contributed by atoms with E-state index in [1.54, 1.807) is 0 Å². The van der Waals surface area contributed by atoms with Gasteiger partial charge in [-0.3, -0.25) is 0 Å². The normalized spacial score (nSPS) is 11.1. The molecule has 24 heavy (non-hydrogen) atoms. The topological polar surface area (TPSA) is 30.7 Å². The predicted octanol–water partition coefficient (Wildman–Crippen LogP) is 4.51. The SMILES string of the molecule is CC(C)CCc1nnc(Cc2ccccc2)n1Cc1ccccc1. The molecule has 0 radical (unpaired) electrons. The summed E-state index contributed by atoms with van der Waals surface area (Å²) < 4.78 is 2.30. The number of hydrogen-bond acceptors (Lipinski definition) is 2. The molecule has 0 amide bonds. The smallest absolute Gasteiger partial charge is 0.137 e. The van der Waals surface area contributed by atoms with Crippen molar-refractivity contribution in [2.24, 2.45) is 5.92 Å². The van der Waals surface area contributed by atoms with E-state index in [0.29, 0.717) is 5.92 Å². The van der Waals surface area contributed by atoms with Crippen LogP contribution in [-0.2, 0) is 19.4 Å². The van der Waals surface area contributed by atoms with Crippen molar-refractivity contribution in [3.8, 4) is 0 Å². The van der Waals surface area contributed by atoms with Crippen LogP contribution in [0.2, 0.25) is 0 Å². The summed E-state index contributed by atoms with van der Waals surface area (Å²) in [5, 5.41) is 8.99. The first kappa shape index (κ1) is 16.4. The van der Waals surface area contributed by atoms with Gasteiger partial charge in [-0.1, -0.05) is 74.5 Å². The molecule has 0 fully saturated rings. The molecule has 0 bridgehead atoms. The van der Waals surface area contributed by atoms with Gasteiger partial charge in [0.2, 0.25) is 0 Å². The monoisotopic (exact) mass is 319 g/mol. The average molecular weight is 319 g/mol. The molecule has 0 spiro atoms. The minimum atomic E-state index is 0.671. The number of rotatable bonds is 7. The lowest BCUT2D eigenvalue weighted by atomic mass is 10.1. The zero-order valence-corrected chi connectivity index (χ0v) is 14.5. The van der Waals surface area contributed by atoms with Gasteiger partial charge in [0.25, 0.3) is 0 Å². The van der Waals surface area contributed by atoms with Gasteiger partial charge in [0.1, 0.15) is 11.6 Å². The maximum atomic E-state index is 4.50. The molecular weight excluding hydrogens is 294 g/mol.